The highest BCUT2D eigenvalue weighted by molar-refractivity contribution is 5.99. The zero-order chi connectivity index (χ0) is 13.1. The van der Waals surface area contributed by atoms with E-state index in [1.807, 2.05) is 18.3 Å². The molecule has 1 aromatic heterocycles. The van der Waals surface area contributed by atoms with Crippen molar-refractivity contribution in [2.24, 2.45) is 0 Å². The van der Waals surface area contributed by atoms with Crippen molar-refractivity contribution in [3.63, 3.8) is 0 Å². The van der Waals surface area contributed by atoms with Crippen LogP contribution in [0.1, 0.15) is 17.3 Å². The number of carbonyl (C=O) groups is 2. The Morgan fingerprint density at radius 2 is 2.11 bits per heavy atom. The van der Waals surface area contributed by atoms with Crippen LogP contribution in [-0.2, 0) is 9.53 Å². The number of rotatable bonds is 3. The molecular weight excluding hydrogens is 232 g/mol. The zero-order valence-corrected chi connectivity index (χ0v) is 10.2. The van der Waals surface area contributed by atoms with Crippen molar-refractivity contribution < 1.29 is 14.3 Å². The fraction of sp³-hybridized carbons (Fsp3) is 0.231. The van der Waals surface area contributed by atoms with E-state index in [0.717, 1.165) is 10.9 Å². The summed E-state index contributed by atoms with van der Waals surface area (Å²) in [5, 5.41) is 3.61. The van der Waals surface area contributed by atoms with Gasteiger partial charge in [-0.05, 0) is 30.5 Å². The SMILES string of the molecule is COC(=O)[C@H](C)NC(=O)c1ccc2cc[nH]c2c1. The molecule has 1 aromatic carbocycles. The third kappa shape index (κ3) is 2.34. The fourth-order valence-corrected chi connectivity index (χ4v) is 1.70. The number of esters is 1. The van der Waals surface area contributed by atoms with Gasteiger partial charge in [0.25, 0.3) is 5.91 Å². The molecule has 1 amide bonds. The van der Waals surface area contributed by atoms with Crippen LogP contribution < -0.4 is 5.32 Å². The zero-order valence-electron chi connectivity index (χ0n) is 10.2. The number of hydrogen-bond acceptors (Lipinski definition) is 3. The third-order valence-corrected chi connectivity index (χ3v) is 2.72. The molecule has 2 rings (SSSR count). The molecule has 0 saturated carbocycles. The third-order valence-electron chi connectivity index (χ3n) is 2.72. The van der Waals surface area contributed by atoms with Gasteiger partial charge in [0.2, 0.25) is 0 Å². The lowest BCUT2D eigenvalue weighted by Gasteiger charge is -2.11. The van der Waals surface area contributed by atoms with E-state index >= 15 is 0 Å². The van der Waals surface area contributed by atoms with Crippen molar-refractivity contribution in [2.45, 2.75) is 13.0 Å². The number of H-pyrrole nitrogens is 1. The Morgan fingerprint density at radius 1 is 1.33 bits per heavy atom. The molecule has 0 radical (unpaired) electrons. The number of ether oxygens (including phenoxy) is 1. The van der Waals surface area contributed by atoms with Crippen LogP contribution >= 0.6 is 0 Å². The molecule has 0 spiro atoms. The maximum Gasteiger partial charge on any atom is 0.328 e. The highest BCUT2D eigenvalue weighted by Gasteiger charge is 2.16. The summed E-state index contributed by atoms with van der Waals surface area (Å²) in [6, 6.07) is 6.57. The van der Waals surface area contributed by atoms with Crippen LogP contribution in [0.4, 0.5) is 0 Å². The molecule has 2 aromatic rings. The second-order valence-corrected chi connectivity index (χ2v) is 4.00. The van der Waals surface area contributed by atoms with E-state index in [0.29, 0.717) is 5.56 Å². The van der Waals surface area contributed by atoms with Gasteiger partial charge in [0.15, 0.2) is 0 Å². The minimum absolute atomic E-state index is 0.301. The molecule has 0 aliphatic carbocycles. The summed E-state index contributed by atoms with van der Waals surface area (Å²) in [5.74, 6) is -0.770. The number of methoxy groups -OCH3 is 1. The Morgan fingerprint density at radius 3 is 2.83 bits per heavy atom. The first-order valence-electron chi connectivity index (χ1n) is 5.57. The Balaban J connectivity index is 2.15. The van der Waals surface area contributed by atoms with E-state index in [2.05, 4.69) is 15.0 Å². The fourth-order valence-electron chi connectivity index (χ4n) is 1.70. The summed E-state index contributed by atoms with van der Waals surface area (Å²) >= 11 is 0. The highest BCUT2D eigenvalue weighted by Crippen LogP contribution is 2.14. The predicted molar refractivity (Wildman–Crippen MR) is 67.2 cm³/mol. The minimum Gasteiger partial charge on any atom is -0.467 e. The Kier molecular flexibility index (Phi) is 3.32. The highest BCUT2D eigenvalue weighted by atomic mass is 16.5. The standard InChI is InChI=1S/C13H14N2O3/c1-8(13(17)18-2)15-12(16)10-4-3-9-5-6-14-11(9)7-10/h3-8,14H,1-2H3,(H,15,16)/t8-/m0/s1. The van der Waals surface area contributed by atoms with Crippen molar-refractivity contribution in [3.8, 4) is 0 Å². The van der Waals surface area contributed by atoms with Gasteiger partial charge in [0, 0.05) is 17.3 Å². The van der Waals surface area contributed by atoms with Gasteiger partial charge in [-0.1, -0.05) is 6.07 Å². The molecule has 0 bridgehead atoms. The summed E-state index contributed by atoms with van der Waals surface area (Å²) in [6.45, 7) is 1.58. The molecule has 5 heteroatoms. The molecule has 0 unspecified atom stereocenters. The lowest BCUT2D eigenvalue weighted by atomic mass is 10.1. The average Bonchev–Trinajstić information content (AvgIpc) is 2.84. The number of aromatic amines is 1. The summed E-state index contributed by atoms with van der Waals surface area (Å²) in [5.41, 5.74) is 1.38. The van der Waals surface area contributed by atoms with E-state index in [1.54, 1.807) is 19.1 Å². The van der Waals surface area contributed by atoms with Gasteiger partial charge in [-0.2, -0.15) is 0 Å². The first-order chi connectivity index (χ1) is 8.61. The van der Waals surface area contributed by atoms with E-state index in [4.69, 9.17) is 0 Å². The van der Waals surface area contributed by atoms with Crippen molar-refractivity contribution in [1.29, 1.82) is 0 Å². The molecular formula is C13H14N2O3. The van der Waals surface area contributed by atoms with Crippen LogP contribution in [-0.4, -0.2) is 30.0 Å². The number of amides is 1. The van der Waals surface area contributed by atoms with Gasteiger partial charge in [-0.25, -0.2) is 4.79 Å². The Labute approximate surface area is 104 Å². The van der Waals surface area contributed by atoms with Crippen LogP contribution in [0.5, 0.6) is 0 Å². The predicted octanol–water partition coefficient (Wildman–Crippen LogP) is 1.46. The molecule has 1 heterocycles. The number of hydrogen-bond donors (Lipinski definition) is 2. The van der Waals surface area contributed by atoms with Crippen molar-refractivity contribution in [1.82, 2.24) is 10.3 Å². The number of aromatic nitrogens is 1. The number of benzene rings is 1. The van der Waals surface area contributed by atoms with Crippen LogP contribution in [0.2, 0.25) is 0 Å². The van der Waals surface area contributed by atoms with Gasteiger partial charge in [0.1, 0.15) is 6.04 Å². The summed E-state index contributed by atoms with van der Waals surface area (Å²) < 4.78 is 4.55. The van der Waals surface area contributed by atoms with Crippen molar-refractivity contribution in [2.75, 3.05) is 7.11 Å². The van der Waals surface area contributed by atoms with Crippen molar-refractivity contribution in [3.05, 3.63) is 36.0 Å². The number of carbonyl (C=O) groups excluding carboxylic acids is 2. The van der Waals surface area contributed by atoms with Crippen molar-refractivity contribution >= 4 is 22.8 Å². The van der Waals surface area contributed by atoms with E-state index < -0.39 is 12.0 Å². The molecule has 0 aliphatic rings. The van der Waals surface area contributed by atoms with Crippen LogP contribution in [0.3, 0.4) is 0 Å². The van der Waals surface area contributed by atoms with Crippen LogP contribution in [0.15, 0.2) is 30.5 Å². The second-order valence-electron chi connectivity index (χ2n) is 4.00. The first kappa shape index (κ1) is 12.2. The van der Waals surface area contributed by atoms with Crippen LogP contribution in [0, 0.1) is 0 Å². The monoisotopic (exact) mass is 246 g/mol. The molecule has 2 N–H and O–H groups in total. The van der Waals surface area contributed by atoms with Crippen LogP contribution in [0.25, 0.3) is 10.9 Å². The molecule has 94 valence electrons. The summed E-state index contributed by atoms with van der Waals surface area (Å²) in [4.78, 5) is 26.1. The second kappa shape index (κ2) is 4.91. The Hall–Kier alpha value is -2.30. The Bertz CT molecular complexity index is 589. The average molecular weight is 246 g/mol. The lowest BCUT2D eigenvalue weighted by molar-refractivity contribution is -0.142. The smallest absolute Gasteiger partial charge is 0.328 e. The molecule has 18 heavy (non-hydrogen) atoms. The minimum atomic E-state index is -0.665. The van der Waals surface area contributed by atoms with E-state index in [9.17, 15) is 9.59 Å². The number of fused-ring (bicyclic) bond motifs is 1. The lowest BCUT2D eigenvalue weighted by Crippen LogP contribution is -2.39. The maximum atomic E-state index is 11.9. The first-order valence-corrected chi connectivity index (χ1v) is 5.57. The van der Waals surface area contributed by atoms with Gasteiger partial charge in [0.05, 0.1) is 7.11 Å². The van der Waals surface area contributed by atoms with E-state index in [1.165, 1.54) is 7.11 Å². The normalized spacial score (nSPS) is 12.1. The molecule has 0 fully saturated rings. The topological polar surface area (TPSA) is 71.2 Å². The molecule has 0 aliphatic heterocycles. The summed E-state index contributed by atoms with van der Waals surface area (Å²) in [7, 11) is 1.29. The number of nitrogens with one attached hydrogen (secondary N) is 2. The van der Waals surface area contributed by atoms with Gasteiger partial charge in [-0.3, -0.25) is 4.79 Å². The van der Waals surface area contributed by atoms with E-state index in [-0.39, 0.29) is 5.91 Å². The van der Waals surface area contributed by atoms with Gasteiger partial charge >= 0.3 is 5.97 Å². The molecule has 1 atom stereocenters. The quantitative estimate of drug-likeness (QED) is 0.805. The molecule has 5 nitrogen and oxygen atoms in total. The summed E-state index contributed by atoms with van der Waals surface area (Å²) in [6.07, 6.45) is 1.81. The van der Waals surface area contributed by atoms with Gasteiger partial charge < -0.3 is 15.0 Å². The molecule has 0 saturated heterocycles. The largest absolute Gasteiger partial charge is 0.467 e. The van der Waals surface area contributed by atoms with Gasteiger partial charge in [-0.15, -0.1) is 0 Å². The maximum absolute atomic E-state index is 11.9.